The molecule has 0 aromatic heterocycles. The molecule has 0 N–H and O–H groups in total. The third-order valence-electron chi connectivity index (χ3n) is 5.64. The van der Waals surface area contributed by atoms with Crippen molar-refractivity contribution >= 4 is 29.7 Å². The van der Waals surface area contributed by atoms with Crippen LogP contribution in [0.1, 0.15) is 44.4 Å². The van der Waals surface area contributed by atoms with Crippen LogP contribution in [0.25, 0.3) is 0 Å². The Morgan fingerprint density at radius 2 is 1.56 bits per heavy atom. The monoisotopic (exact) mass is 516 g/mol. The van der Waals surface area contributed by atoms with Gasteiger partial charge in [-0.05, 0) is 44.0 Å². The van der Waals surface area contributed by atoms with Gasteiger partial charge < -0.3 is 18.9 Å². The predicted octanol–water partition coefficient (Wildman–Crippen LogP) is 5.26. The van der Waals surface area contributed by atoms with Gasteiger partial charge in [-0.2, -0.15) is 10.2 Å². The Hall–Kier alpha value is -3.46. The van der Waals surface area contributed by atoms with Crippen LogP contribution in [0.3, 0.4) is 0 Å². The second-order valence-corrected chi connectivity index (χ2v) is 9.93. The van der Waals surface area contributed by atoms with Crippen LogP contribution in [0.4, 0.5) is 4.79 Å². The molecule has 0 amide bonds. The molecule has 192 valence electrons. The lowest BCUT2D eigenvalue weighted by Crippen LogP contribution is -2.50. The minimum absolute atomic E-state index is 0.0997. The molecule has 1 aliphatic rings. The highest BCUT2D eigenvalue weighted by Gasteiger charge is 2.62. The number of azo groups is 1. The van der Waals surface area contributed by atoms with Gasteiger partial charge in [0, 0.05) is 17.9 Å². The summed E-state index contributed by atoms with van der Waals surface area (Å²) in [7, 11) is 2.41. The van der Waals surface area contributed by atoms with Crippen LogP contribution >= 0.6 is 11.6 Å². The highest BCUT2D eigenvalue weighted by Crippen LogP contribution is 2.48. The van der Waals surface area contributed by atoms with Gasteiger partial charge in [0.25, 0.3) is 0 Å². The summed E-state index contributed by atoms with van der Waals surface area (Å²) in [4.78, 5) is 39.2. The van der Waals surface area contributed by atoms with E-state index in [-0.39, 0.29) is 12.8 Å². The third-order valence-corrected chi connectivity index (χ3v) is 5.89. The molecule has 0 saturated heterocycles. The van der Waals surface area contributed by atoms with Crippen molar-refractivity contribution in [2.45, 2.75) is 56.4 Å². The fourth-order valence-corrected chi connectivity index (χ4v) is 4.23. The zero-order chi connectivity index (χ0) is 26.6. The average Bonchev–Trinajstić information content (AvgIpc) is 3.23. The maximum absolute atomic E-state index is 13.3. The van der Waals surface area contributed by atoms with E-state index >= 15 is 0 Å². The van der Waals surface area contributed by atoms with Crippen molar-refractivity contribution in [3.63, 3.8) is 0 Å². The van der Waals surface area contributed by atoms with E-state index in [9.17, 15) is 14.4 Å². The summed E-state index contributed by atoms with van der Waals surface area (Å²) < 4.78 is 21.2. The number of esters is 2. The Morgan fingerprint density at radius 3 is 2.11 bits per heavy atom. The zero-order valence-electron chi connectivity index (χ0n) is 20.8. The number of carbonyl (C=O) groups is 3. The number of benzene rings is 2. The summed E-state index contributed by atoms with van der Waals surface area (Å²) in [5.74, 6) is -1.53. The van der Waals surface area contributed by atoms with Crippen molar-refractivity contribution in [3.8, 4) is 0 Å². The number of ether oxygens (including phenoxy) is 4. The van der Waals surface area contributed by atoms with Crippen LogP contribution in [0, 0.1) is 0 Å². The molecule has 1 aliphatic heterocycles. The van der Waals surface area contributed by atoms with E-state index in [0.717, 1.165) is 5.56 Å². The third kappa shape index (κ3) is 5.84. The number of nitrogens with zero attached hydrogens (tertiary/aromatic N) is 2. The molecule has 2 aromatic carbocycles. The number of carbonyl (C=O) groups excluding carboxylic acids is 3. The van der Waals surface area contributed by atoms with E-state index < -0.39 is 40.9 Å². The van der Waals surface area contributed by atoms with Gasteiger partial charge >= 0.3 is 18.1 Å². The van der Waals surface area contributed by atoms with Gasteiger partial charge in [0.2, 0.25) is 5.54 Å². The molecular weight excluding hydrogens is 488 g/mol. The van der Waals surface area contributed by atoms with E-state index in [0.29, 0.717) is 10.6 Å². The molecule has 0 fully saturated rings. The molecule has 0 unspecified atom stereocenters. The van der Waals surface area contributed by atoms with E-state index in [2.05, 4.69) is 10.2 Å². The Kier molecular flexibility index (Phi) is 8.03. The van der Waals surface area contributed by atoms with E-state index in [1.165, 1.54) is 14.2 Å². The number of methoxy groups -OCH3 is 2. The Balaban J connectivity index is 2.12. The maximum atomic E-state index is 13.3. The van der Waals surface area contributed by atoms with Gasteiger partial charge in [-0.25, -0.2) is 14.4 Å². The number of rotatable bonds is 7. The van der Waals surface area contributed by atoms with Crippen LogP contribution < -0.4 is 0 Å². The average molecular weight is 517 g/mol. The summed E-state index contributed by atoms with van der Waals surface area (Å²) in [5.41, 5.74) is -3.16. The van der Waals surface area contributed by atoms with E-state index in [1.54, 1.807) is 45.0 Å². The Bertz CT molecular complexity index is 1130. The summed E-state index contributed by atoms with van der Waals surface area (Å²) in [6.45, 7) is 5.04. The second kappa shape index (κ2) is 10.7. The molecule has 36 heavy (non-hydrogen) atoms. The molecule has 0 aliphatic carbocycles. The SMILES string of the molecule is COC(=O)[C@@]1(Cc2ccccc2)C[C@](C(=O)OC)([C@@H](OC(=O)OC(C)(C)C)c2ccc(Cl)cc2)N=N1. The minimum atomic E-state index is -1.90. The molecule has 3 rings (SSSR count). The van der Waals surface area contributed by atoms with Crippen molar-refractivity contribution in [2.24, 2.45) is 10.2 Å². The summed E-state index contributed by atoms with van der Waals surface area (Å²) in [6, 6.07) is 15.5. The van der Waals surface area contributed by atoms with Crippen LogP contribution in [0.15, 0.2) is 64.8 Å². The lowest BCUT2D eigenvalue weighted by Gasteiger charge is -2.33. The Labute approximate surface area is 214 Å². The number of halogens is 1. The van der Waals surface area contributed by atoms with E-state index in [4.69, 9.17) is 30.5 Å². The fourth-order valence-electron chi connectivity index (χ4n) is 4.10. The first-order valence-electron chi connectivity index (χ1n) is 11.2. The molecule has 0 radical (unpaired) electrons. The van der Waals surface area contributed by atoms with Crippen molar-refractivity contribution in [3.05, 3.63) is 70.7 Å². The van der Waals surface area contributed by atoms with Crippen molar-refractivity contribution in [1.29, 1.82) is 0 Å². The summed E-state index contributed by atoms with van der Waals surface area (Å²) in [5, 5.41) is 9.02. The second-order valence-electron chi connectivity index (χ2n) is 9.49. The van der Waals surface area contributed by atoms with Crippen LogP contribution in [0.2, 0.25) is 5.02 Å². The maximum Gasteiger partial charge on any atom is 0.509 e. The van der Waals surface area contributed by atoms with Crippen molar-refractivity contribution < 1.29 is 33.3 Å². The Morgan fingerprint density at radius 1 is 0.944 bits per heavy atom. The topological polar surface area (TPSA) is 113 Å². The number of hydrogen-bond acceptors (Lipinski definition) is 9. The van der Waals surface area contributed by atoms with Gasteiger partial charge in [0.15, 0.2) is 11.6 Å². The lowest BCUT2D eigenvalue weighted by atomic mass is 9.76. The first-order valence-corrected chi connectivity index (χ1v) is 11.6. The molecule has 0 saturated carbocycles. The highest BCUT2D eigenvalue weighted by molar-refractivity contribution is 6.30. The quantitative estimate of drug-likeness (QED) is 0.364. The van der Waals surface area contributed by atoms with Crippen LogP contribution in [-0.4, -0.2) is 49.0 Å². The van der Waals surface area contributed by atoms with Crippen molar-refractivity contribution in [2.75, 3.05) is 14.2 Å². The molecule has 9 nitrogen and oxygen atoms in total. The standard InChI is InChI=1S/C26H29ClN2O7/c1-24(2,3)36-23(32)35-20(18-11-13-19(27)14-12-18)26(22(31)34-5)16-25(28-29-26,21(30)33-4)15-17-9-7-6-8-10-17/h6-14,20H,15-16H2,1-5H3/t20-,25+,26+/m0/s1. The van der Waals surface area contributed by atoms with Crippen molar-refractivity contribution in [1.82, 2.24) is 0 Å². The van der Waals surface area contributed by atoms with E-state index in [1.807, 2.05) is 30.3 Å². The molecule has 0 spiro atoms. The van der Waals surface area contributed by atoms with Gasteiger partial charge in [-0.15, -0.1) is 0 Å². The molecule has 3 atom stereocenters. The first kappa shape index (κ1) is 27.1. The fraction of sp³-hybridized carbons (Fsp3) is 0.423. The molecule has 10 heteroatoms. The number of hydrogen-bond donors (Lipinski definition) is 0. The normalized spacial score (nSPS) is 21.9. The smallest absolute Gasteiger partial charge is 0.467 e. The van der Waals surface area contributed by atoms with Gasteiger partial charge in [0.05, 0.1) is 14.2 Å². The van der Waals surface area contributed by atoms with Gasteiger partial charge in [-0.1, -0.05) is 54.1 Å². The molecule has 2 aromatic rings. The van der Waals surface area contributed by atoms with Gasteiger partial charge in [-0.3, -0.25) is 0 Å². The predicted molar refractivity (Wildman–Crippen MR) is 131 cm³/mol. The lowest BCUT2D eigenvalue weighted by molar-refractivity contribution is -0.155. The molecule has 0 bridgehead atoms. The van der Waals surface area contributed by atoms with Gasteiger partial charge in [0.1, 0.15) is 5.60 Å². The van der Waals surface area contributed by atoms with Crippen LogP contribution in [0.5, 0.6) is 0 Å². The molecule has 1 heterocycles. The van der Waals surface area contributed by atoms with Crippen LogP contribution in [-0.2, 0) is 35.0 Å². The molecular formula is C26H29ClN2O7. The largest absolute Gasteiger partial charge is 0.509 e. The summed E-state index contributed by atoms with van der Waals surface area (Å²) >= 11 is 6.06. The summed E-state index contributed by atoms with van der Waals surface area (Å²) in [6.07, 6.45) is -2.55. The zero-order valence-corrected chi connectivity index (χ0v) is 21.6. The highest BCUT2D eigenvalue weighted by atomic mass is 35.5. The minimum Gasteiger partial charge on any atom is -0.467 e. The first-order chi connectivity index (χ1) is 16.9.